The van der Waals surface area contributed by atoms with E-state index in [-0.39, 0.29) is 25.4 Å². The van der Waals surface area contributed by atoms with Crippen molar-refractivity contribution in [1.82, 2.24) is 0 Å². The summed E-state index contributed by atoms with van der Waals surface area (Å²) in [5.41, 5.74) is -6.24. The van der Waals surface area contributed by atoms with Crippen molar-refractivity contribution in [3.63, 3.8) is 0 Å². The summed E-state index contributed by atoms with van der Waals surface area (Å²) in [5.74, 6) is -2.77. The molecular weight excluding hydrogens is 380 g/mol. The molecule has 0 aromatic rings. The Kier molecular flexibility index (Phi) is 4.26. The standard InChI is InChI=1S/C21H26O8/c1-4-5-6-7-14(22)29-21-13-10-19(15(23)16(24)28-13)12(2)8-9-20(19,26)18(21,3)11-27-17(21)25/h4-7,12-13,15,23,26H,8-11H2,1-3H3/b5-4+,7-6+/t12-,13-,15+,18+,19+,20+,21-/m1/s1. The smallest absolute Gasteiger partial charge is 0.355 e. The van der Waals surface area contributed by atoms with Crippen LogP contribution in [-0.4, -0.2) is 58.1 Å². The van der Waals surface area contributed by atoms with Gasteiger partial charge in [0.1, 0.15) is 6.61 Å². The van der Waals surface area contributed by atoms with Crippen LogP contribution >= 0.6 is 0 Å². The number of hydrogen-bond acceptors (Lipinski definition) is 8. The van der Waals surface area contributed by atoms with Crippen LogP contribution in [0.2, 0.25) is 0 Å². The number of allylic oxidation sites excluding steroid dienone is 3. The van der Waals surface area contributed by atoms with Crippen molar-refractivity contribution in [3.8, 4) is 0 Å². The Morgan fingerprint density at radius 2 is 2.03 bits per heavy atom. The van der Waals surface area contributed by atoms with E-state index in [0.717, 1.165) is 6.08 Å². The average Bonchev–Trinajstić information content (AvgIpc) is 3.09. The molecule has 4 fully saturated rings. The molecule has 0 aromatic heterocycles. The second-order valence-electron chi connectivity index (χ2n) is 8.82. The molecule has 158 valence electrons. The third kappa shape index (κ3) is 2.08. The lowest BCUT2D eigenvalue weighted by molar-refractivity contribution is -0.321. The Bertz CT molecular complexity index is 833. The van der Waals surface area contributed by atoms with Gasteiger partial charge in [-0.15, -0.1) is 0 Å². The fourth-order valence-electron chi connectivity index (χ4n) is 6.30. The molecule has 2 aliphatic heterocycles. The highest BCUT2D eigenvalue weighted by Gasteiger charge is 2.87. The molecule has 4 aliphatic rings. The van der Waals surface area contributed by atoms with E-state index in [1.54, 1.807) is 26.0 Å². The molecular formula is C21H26O8. The molecule has 0 radical (unpaired) electrons. The summed E-state index contributed by atoms with van der Waals surface area (Å²) in [4.78, 5) is 38.1. The van der Waals surface area contributed by atoms with Crippen LogP contribution in [0.5, 0.6) is 0 Å². The van der Waals surface area contributed by atoms with Crippen molar-refractivity contribution in [2.75, 3.05) is 6.61 Å². The molecule has 2 aliphatic carbocycles. The number of aliphatic hydroxyl groups excluding tert-OH is 1. The number of fused-ring (bicyclic) bond motifs is 4. The van der Waals surface area contributed by atoms with E-state index in [9.17, 15) is 24.6 Å². The van der Waals surface area contributed by atoms with Gasteiger partial charge in [-0.25, -0.2) is 14.4 Å². The minimum Gasteiger partial charge on any atom is -0.462 e. The second kappa shape index (κ2) is 6.15. The van der Waals surface area contributed by atoms with Gasteiger partial charge in [0.25, 0.3) is 5.60 Å². The van der Waals surface area contributed by atoms with Gasteiger partial charge in [-0.3, -0.25) is 0 Å². The van der Waals surface area contributed by atoms with E-state index in [1.165, 1.54) is 6.08 Å². The van der Waals surface area contributed by atoms with Crippen molar-refractivity contribution in [2.24, 2.45) is 16.7 Å². The molecule has 0 amide bonds. The number of aliphatic hydroxyl groups is 2. The first-order chi connectivity index (χ1) is 13.6. The minimum atomic E-state index is -1.98. The maximum Gasteiger partial charge on any atom is 0.355 e. The SMILES string of the molecule is C/C=C/C=C/C(=O)O[C@]12C(=O)OC[C@@]1(C)[C@@]1(O)CC[C@@H](C)[C@]13C[C@H]2OC(=O)[C@@H]3O. The summed E-state index contributed by atoms with van der Waals surface area (Å²) in [6.45, 7) is 5.07. The molecule has 1 spiro atoms. The van der Waals surface area contributed by atoms with Crippen molar-refractivity contribution in [1.29, 1.82) is 0 Å². The molecule has 2 saturated heterocycles. The molecule has 29 heavy (non-hydrogen) atoms. The summed E-state index contributed by atoms with van der Waals surface area (Å²) >= 11 is 0. The first kappa shape index (κ1) is 20.1. The summed E-state index contributed by atoms with van der Waals surface area (Å²) in [6, 6.07) is 0. The van der Waals surface area contributed by atoms with Crippen LogP contribution in [0.4, 0.5) is 0 Å². The number of hydrogen-bond donors (Lipinski definition) is 2. The van der Waals surface area contributed by atoms with Crippen LogP contribution in [-0.2, 0) is 28.6 Å². The third-order valence-corrected chi connectivity index (χ3v) is 7.86. The number of cyclic esters (lactones) is 1. The molecule has 2 saturated carbocycles. The zero-order valence-corrected chi connectivity index (χ0v) is 16.7. The zero-order chi connectivity index (χ0) is 21.2. The Balaban J connectivity index is 1.88. The number of rotatable bonds is 3. The summed E-state index contributed by atoms with van der Waals surface area (Å²) < 4.78 is 16.4. The van der Waals surface area contributed by atoms with E-state index >= 15 is 0 Å². The van der Waals surface area contributed by atoms with Gasteiger partial charge in [-0.05, 0) is 32.6 Å². The maximum atomic E-state index is 13.0. The molecule has 2 bridgehead atoms. The molecule has 8 heteroatoms. The number of esters is 3. The predicted octanol–water partition coefficient (Wildman–Crippen LogP) is 0.801. The van der Waals surface area contributed by atoms with Crippen molar-refractivity contribution in [2.45, 2.75) is 63.4 Å². The molecule has 7 atom stereocenters. The van der Waals surface area contributed by atoms with Gasteiger partial charge in [-0.2, -0.15) is 0 Å². The lowest BCUT2D eigenvalue weighted by atomic mass is 9.44. The molecule has 0 aromatic carbocycles. The third-order valence-electron chi connectivity index (χ3n) is 7.86. The van der Waals surface area contributed by atoms with E-state index in [2.05, 4.69) is 0 Å². The van der Waals surface area contributed by atoms with Gasteiger partial charge in [0.15, 0.2) is 12.2 Å². The fourth-order valence-corrected chi connectivity index (χ4v) is 6.30. The van der Waals surface area contributed by atoms with Crippen LogP contribution in [0.1, 0.15) is 40.0 Å². The summed E-state index contributed by atoms with van der Waals surface area (Å²) in [6.07, 6.45) is 4.08. The number of carbonyl (C=O) groups is 3. The Hall–Kier alpha value is -2.19. The predicted molar refractivity (Wildman–Crippen MR) is 98.1 cm³/mol. The zero-order valence-electron chi connectivity index (χ0n) is 16.7. The van der Waals surface area contributed by atoms with Crippen molar-refractivity contribution >= 4 is 17.9 Å². The lowest BCUT2D eigenvalue weighted by Crippen LogP contribution is -2.81. The first-order valence-corrected chi connectivity index (χ1v) is 9.91. The molecule has 4 rings (SSSR count). The van der Waals surface area contributed by atoms with Crippen molar-refractivity contribution in [3.05, 3.63) is 24.3 Å². The van der Waals surface area contributed by atoms with Gasteiger partial charge in [-0.1, -0.05) is 25.2 Å². The van der Waals surface area contributed by atoms with Gasteiger partial charge < -0.3 is 24.4 Å². The normalized spacial score (nSPS) is 48.4. The monoisotopic (exact) mass is 406 g/mol. The topological polar surface area (TPSA) is 119 Å². The van der Waals surface area contributed by atoms with Crippen LogP contribution in [0.3, 0.4) is 0 Å². The largest absolute Gasteiger partial charge is 0.462 e. The Morgan fingerprint density at radius 1 is 1.31 bits per heavy atom. The quantitative estimate of drug-likeness (QED) is 0.306. The number of ether oxygens (including phenoxy) is 3. The van der Waals surface area contributed by atoms with Crippen LogP contribution in [0.15, 0.2) is 24.3 Å². The molecule has 2 N–H and O–H groups in total. The Labute approximate surface area is 168 Å². The highest BCUT2D eigenvalue weighted by molar-refractivity contribution is 5.92. The highest BCUT2D eigenvalue weighted by Crippen LogP contribution is 2.72. The van der Waals surface area contributed by atoms with Gasteiger partial charge in [0.05, 0.1) is 11.0 Å². The summed E-state index contributed by atoms with van der Waals surface area (Å²) in [7, 11) is 0. The van der Waals surface area contributed by atoms with E-state index in [4.69, 9.17) is 14.2 Å². The molecule has 8 nitrogen and oxygen atoms in total. The Morgan fingerprint density at radius 3 is 2.72 bits per heavy atom. The second-order valence-corrected chi connectivity index (χ2v) is 8.82. The van der Waals surface area contributed by atoms with Gasteiger partial charge >= 0.3 is 17.9 Å². The van der Waals surface area contributed by atoms with E-state index < -0.39 is 52.1 Å². The lowest BCUT2D eigenvalue weighted by Gasteiger charge is -2.64. The first-order valence-electron chi connectivity index (χ1n) is 9.91. The van der Waals surface area contributed by atoms with Gasteiger partial charge in [0, 0.05) is 17.9 Å². The minimum absolute atomic E-state index is 0.00806. The molecule has 0 unspecified atom stereocenters. The maximum absolute atomic E-state index is 13.0. The highest BCUT2D eigenvalue weighted by atomic mass is 16.6. The fraction of sp³-hybridized carbons (Fsp3) is 0.667. The van der Waals surface area contributed by atoms with Crippen LogP contribution in [0.25, 0.3) is 0 Å². The van der Waals surface area contributed by atoms with Crippen LogP contribution < -0.4 is 0 Å². The molecule has 2 heterocycles. The van der Waals surface area contributed by atoms with Crippen molar-refractivity contribution < 1.29 is 38.8 Å². The number of carbonyl (C=O) groups excluding carboxylic acids is 3. The van der Waals surface area contributed by atoms with Gasteiger partial charge in [0.2, 0.25) is 0 Å². The van der Waals surface area contributed by atoms with E-state index in [1.807, 2.05) is 6.92 Å². The summed E-state index contributed by atoms with van der Waals surface area (Å²) in [5, 5.41) is 22.8. The van der Waals surface area contributed by atoms with E-state index in [0.29, 0.717) is 6.42 Å². The van der Waals surface area contributed by atoms with Crippen LogP contribution in [0, 0.1) is 16.7 Å². The average molecular weight is 406 g/mol.